The van der Waals surface area contributed by atoms with Crippen LogP contribution in [0.25, 0.3) is 10.9 Å². The van der Waals surface area contributed by atoms with Crippen molar-refractivity contribution < 1.29 is 13.9 Å². The first-order valence-corrected chi connectivity index (χ1v) is 12.2. The summed E-state index contributed by atoms with van der Waals surface area (Å²) in [6.45, 7) is 2.80. The molecule has 3 aromatic heterocycles. The third-order valence-corrected chi connectivity index (χ3v) is 6.67. The molecule has 1 saturated heterocycles. The number of nitrogens with one attached hydrogen (secondary N) is 2. The summed E-state index contributed by atoms with van der Waals surface area (Å²) in [7, 11) is 0. The molecule has 7 nitrogen and oxygen atoms in total. The van der Waals surface area contributed by atoms with Gasteiger partial charge in [0.05, 0.1) is 6.54 Å². The van der Waals surface area contributed by atoms with E-state index < -0.39 is 12.2 Å². The number of rotatable bonds is 4. The van der Waals surface area contributed by atoms with Crippen LogP contribution in [0.5, 0.6) is 0 Å². The molecule has 2 N–H and O–H groups in total. The smallest absolute Gasteiger partial charge is 0.270 e. The van der Waals surface area contributed by atoms with Gasteiger partial charge in [0.1, 0.15) is 29.8 Å². The topological polar surface area (TPSA) is 84.8 Å². The Kier molecular flexibility index (Phi) is 5.78. The maximum absolute atomic E-state index is 14.2. The van der Waals surface area contributed by atoms with E-state index in [-0.39, 0.29) is 24.2 Å². The largest absolute Gasteiger partial charge is 0.366 e. The second-order valence-corrected chi connectivity index (χ2v) is 9.39. The van der Waals surface area contributed by atoms with Gasteiger partial charge in [-0.15, -0.1) is 0 Å². The number of halogens is 1. The Balaban J connectivity index is 1.34. The number of alkyl halides is 1. The number of aryl methyl sites for hydroxylation is 1. The van der Waals surface area contributed by atoms with E-state index in [1.54, 1.807) is 12.3 Å². The molecule has 0 radical (unpaired) electrons. The molecular formula is C28H26FN5O2. The molecule has 1 aromatic carbocycles. The van der Waals surface area contributed by atoms with E-state index in [1.807, 2.05) is 47.9 Å². The summed E-state index contributed by atoms with van der Waals surface area (Å²) in [5.74, 6) is 6.52. The average molecular weight is 484 g/mol. The molecule has 0 saturated carbocycles. The number of benzene rings is 1. The minimum atomic E-state index is -0.954. The number of hydrogen-bond acceptors (Lipinski definition) is 4. The number of carbonyl (C=O) groups excluding carboxylic acids is 1. The van der Waals surface area contributed by atoms with Gasteiger partial charge >= 0.3 is 0 Å². The number of H-pyrrole nitrogens is 1. The summed E-state index contributed by atoms with van der Waals surface area (Å²) >= 11 is 0. The predicted molar refractivity (Wildman–Crippen MR) is 133 cm³/mol. The van der Waals surface area contributed by atoms with Crippen LogP contribution in [0, 0.1) is 18.8 Å². The van der Waals surface area contributed by atoms with E-state index in [0.717, 1.165) is 41.7 Å². The monoisotopic (exact) mass is 483 g/mol. The van der Waals surface area contributed by atoms with Crippen molar-refractivity contribution in [2.45, 2.75) is 51.0 Å². The number of ether oxygens (including phenoxy) is 1. The van der Waals surface area contributed by atoms with E-state index in [4.69, 9.17) is 4.74 Å². The fraction of sp³-hybridized carbons (Fsp3) is 0.321. The van der Waals surface area contributed by atoms with Crippen molar-refractivity contribution in [2.24, 2.45) is 0 Å². The quantitative estimate of drug-likeness (QED) is 0.430. The zero-order valence-electron chi connectivity index (χ0n) is 19.9. The normalized spacial score (nSPS) is 19.6. The molecule has 2 aliphatic heterocycles. The Bertz CT molecular complexity index is 1470. The number of hydrogen-bond donors (Lipinski definition) is 2. The Morgan fingerprint density at radius 2 is 2.19 bits per heavy atom. The summed E-state index contributed by atoms with van der Waals surface area (Å²) in [4.78, 5) is 25.9. The lowest BCUT2D eigenvalue weighted by Crippen LogP contribution is -2.32. The van der Waals surface area contributed by atoms with Crippen LogP contribution >= 0.6 is 0 Å². The van der Waals surface area contributed by atoms with E-state index in [1.165, 1.54) is 0 Å². The van der Waals surface area contributed by atoms with Gasteiger partial charge in [-0.25, -0.2) is 14.4 Å². The number of aromatic amines is 1. The van der Waals surface area contributed by atoms with Gasteiger partial charge in [0.2, 0.25) is 0 Å². The van der Waals surface area contributed by atoms with E-state index in [0.29, 0.717) is 23.5 Å². The molecule has 0 bridgehead atoms. The Labute approximate surface area is 208 Å². The van der Waals surface area contributed by atoms with Crippen LogP contribution in [0.1, 0.15) is 57.8 Å². The highest BCUT2D eigenvalue weighted by molar-refractivity contribution is 5.93. The number of amides is 1. The Hall–Kier alpha value is -3.96. The molecule has 1 amide bonds. The van der Waals surface area contributed by atoms with E-state index in [2.05, 4.69) is 32.1 Å². The van der Waals surface area contributed by atoms with Crippen LogP contribution in [-0.2, 0) is 17.7 Å². The maximum Gasteiger partial charge on any atom is 0.270 e. The molecule has 2 aliphatic rings. The molecule has 36 heavy (non-hydrogen) atoms. The Morgan fingerprint density at radius 1 is 1.31 bits per heavy atom. The SMILES string of the molecule is Cc1cc(C#C[C@@H]2CCCO2)cc(C(=O)NC(c2cc3ccccc3[nH]2)c2ncc3n2C[C@@H](F)C3)n1. The fourth-order valence-corrected chi connectivity index (χ4v) is 4.97. The molecule has 0 aliphatic carbocycles. The zero-order valence-corrected chi connectivity index (χ0v) is 19.9. The zero-order chi connectivity index (χ0) is 24.6. The van der Waals surface area contributed by atoms with Gasteiger partial charge in [-0.05, 0) is 49.4 Å². The minimum absolute atomic E-state index is 0.0657. The van der Waals surface area contributed by atoms with Crippen molar-refractivity contribution in [1.82, 2.24) is 24.8 Å². The molecule has 1 fully saturated rings. The molecule has 8 heteroatoms. The van der Waals surface area contributed by atoms with Crippen molar-refractivity contribution >= 4 is 16.8 Å². The number of pyridine rings is 1. The van der Waals surface area contributed by atoms with Gasteiger partial charge in [-0.2, -0.15) is 0 Å². The number of nitrogens with zero attached hydrogens (tertiary/aromatic N) is 3. The van der Waals surface area contributed by atoms with Crippen LogP contribution in [0.2, 0.25) is 0 Å². The third-order valence-electron chi connectivity index (χ3n) is 6.67. The summed E-state index contributed by atoms with van der Waals surface area (Å²) in [6, 6.07) is 12.8. The van der Waals surface area contributed by atoms with Gasteiger partial charge in [0.15, 0.2) is 0 Å². The van der Waals surface area contributed by atoms with Gasteiger partial charge in [-0.1, -0.05) is 30.0 Å². The molecule has 1 unspecified atom stereocenters. The summed E-state index contributed by atoms with van der Waals surface area (Å²) in [6.07, 6.45) is 2.93. The lowest BCUT2D eigenvalue weighted by atomic mass is 10.1. The van der Waals surface area contributed by atoms with Crippen LogP contribution in [0.4, 0.5) is 4.39 Å². The predicted octanol–water partition coefficient (Wildman–Crippen LogP) is 4.01. The molecule has 0 spiro atoms. The molecule has 4 aromatic rings. The second kappa shape index (κ2) is 9.25. The first-order valence-electron chi connectivity index (χ1n) is 12.2. The lowest BCUT2D eigenvalue weighted by Gasteiger charge is -2.19. The minimum Gasteiger partial charge on any atom is -0.366 e. The first kappa shape index (κ1) is 22.5. The number of aromatic nitrogens is 4. The van der Waals surface area contributed by atoms with Crippen LogP contribution in [-0.4, -0.2) is 44.3 Å². The first-order chi connectivity index (χ1) is 17.5. The lowest BCUT2D eigenvalue weighted by molar-refractivity contribution is 0.0935. The highest BCUT2D eigenvalue weighted by Crippen LogP contribution is 2.29. The van der Waals surface area contributed by atoms with Gasteiger partial charge in [-0.3, -0.25) is 4.79 Å². The van der Waals surface area contributed by atoms with E-state index >= 15 is 0 Å². The van der Waals surface area contributed by atoms with Gasteiger partial charge in [0.25, 0.3) is 5.91 Å². The molecule has 3 atom stereocenters. The van der Waals surface area contributed by atoms with Crippen LogP contribution in [0.3, 0.4) is 0 Å². The Morgan fingerprint density at radius 3 is 3.03 bits per heavy atom. The van der Waals surface area contributed by atoms with Gasteiger partial charge < -0.3 is 19.6 Å². The van der Waals surface area contributed by atoms with Crippen molar-refractivity contribution in [3.63, 3.8) is 0 Å². The summed E-state index contributed by atoms with van der Waals surface area (Å²) in [5, 5.41) is 4.12. The van der Waals surface area contributed by atoms with Crippen molar-refractivity contribution in [3.05, 3.63) is 82.8 Å². The number of imidazole rings is 1. The van der Waals surface area contributed by atoms with E-state index in [9.17, 15) is 9.18 Å². The summed E-state index contributed by atoms with van der Waals surface area (Å²) < 4.78 is 21.6. The molecule has 6 rings (SSSR count). The van der Waals surface area contributed by atoms with Crippen molar-refractivity contribution in [1.29, 1.82) is 0 Å². The fourth-order valence-electron chi connectivity index (χ4n) is 4.97. The molecule has 182 valence electrons. The highest BCUT2D eigenvalue weighted by atomic mass is 19.1. The summed E-state index contributed by atoms with van der Waals surface area (Å²) in [5.41, 5.74) is 4.23. The number of para-hydroxylation sites is 1. The van der Waals surface area contributed by atoms with Crippen LogP contribution < -0.4 is 5.32 Å². The maximum atomic E-state index is 14.2. The molecule has 5 heterocycles. The van der Waals surface area contributed by atoms with Crippen molar-refractivity contribution in [2.75, 3.05) is 6.61 Å². The van der Waals surface area contributed by atoms with Crippen molar-refractivity contribution in [3.8, 4) is 11.8 Å². The standard InChI is InChI=1S/C28H26FN5O2/c1-17-11-18(8-9-22-6-4-10-36-22)12-25(31-17)28(35)33-26(24-13-19-5-2-3-7-23(19)32-24)27-30-15-21-14-20(29)16-34(21)27/h2-3,5,7,11-13,15,20,22,26,32H,4,6,10,14,16H2,1H3,(H,33,35)/t20-,22-,26?/m0/s1. The highest BCUT2D eigenvalue weighted by Gasteiger charge is 2.30. The number of carbonyl (C=O) groups is 1. The second-order valence-electron chi connectivity index (χ2n) is 9.39. The number of fused-ring (bicyclic) bond motifs is 2. The third kappa shape index (κ3) is 4.38. The van der Waals surface area contributed by atoms with Gasteiger partial charge in [0, 0.05) is 47.4 Å². The molecular weight excluding hydrogens is 457 g/mol. The average Bonchev–Trinajstić information content (AvgIpc) is 3.65. The van der Waals surface area contributed by atoms with Crippen LogP contribution in [0.15, 0.2) is 48.7 Å².